The molecule has 1 aromatic heterocycles. The molecule has 0 aliphatic heterocycles. The van der Waals surface area contributed by atoms with Crippen LogP contribution < -0.4 is 14.8 Å². The molecule has 1 amide bonds. The number of sulfonamides is 1. The minimum atomic E-state index is -4.12. The first kappa shape index (κ1) is 30.8. The van der Waals surface area contributed by atoms with Crippen LogP contribution >= 0.6 is 0 Å². The third kappa shape index (κ3) is 7.06. The molecule has 3 rings (SSSR count). The first-order valence-electron chi connectivity index (χ1n) is 12.9. The first-order chi connectivity index (χ1) is 18.9. The van der Waals surface area contributed by atoms with Crippen molar-refractivity contribution in [2.24, 2.45) is 5.92 Å². The van der Waals surface area contributed by atoms with Gasteiger partial charge in [-0.25, -0.2) is 17.9 Å². The van der Waals surface area contributed by atoms with E-state index < -0.39 is 16.0 Å². The summed E-state index contributed by atoms with van der Waals surface area (Å²) in [4.78, 5) is 24.2. The van der Waals surface area contributed by atoms with Crippen LogP contribution in [0, 0.1) is 26.7 Å². The third-order valence-electron chi connectivity index (χ3n) is 6.44. The van der Waals surface area contributed by atoms with Crippen LogP contribution in [0.25, 0.3) is 5.69 Å². The van der Waals surface area contributed by atoms with Crippen LogP contribution in [0.1, 0.15) is 53.9 Å². The van der Waals surface area contributed by atoms with Crippen molar-refractivity contribution >= 4 is 27.6 Å². The maximum Gasteiger partial charge on any atom is 0.356 e. The predicted octanol–water partition coefficient (Wildman–Crippen LogP) is 4.59. The number of aromatic nitrogens is 2. The van der Waals surface area contributed by atoms with Crippen LogP contribution in [0.15, 0.2) is 41.3 Å². The molecular formula is C28H36N4O7S. The van der Waals surface area contributed by atoms with Gasteiger partial charge < -0.3 is 19.9 Å². The van der Waals surface area contributed by atoms with Gasteiger partial charge in [0.1, 0.15) is 10.6 Å². The van der Waals surface area contributed by atoms with Crippen LogP contribution in [0.4, 0.5) is 5.69 Å². The van der Waals surface area contributed by atoms with E-state index in [9.17, 15) is 23.1 Å². The summed E-state index contributed by atoms with van der Waals surface area (Å²) in [6.07, 6.45) is 1.06. The number of aryl methyl sites for hydroxylation is 2. The molecule has 1 atom stereocenters. The lowest BCUT2D eigenvalue weighted by molar-refractivity contribution is -0.119. The summed E-state index contributed by atoms with van der Waals surface area (Å²) in [6, 6.07) is 9.85. The number of amides is 1. The molecule has 11 nitrogen and oxygen atoms in total. The Morgan fingerprint density at radius 2 is 1.85 bits per heavy atom. The second kappa shape index (κ2) is 13.1. The van der Waals surface area contributed by atoms with Crippen molar-refractivity contribution in [1.29, 1.82) is 0 Å². The molecule has 0 fully saturated rings. The van der Waals surface area contributed by atoms with E-state index >= 15 is 0 Å². The minimum Gasteiger partial charge on any atom is -0.476 e. The average Bonchev–Trinajstić information content (AvgIpc) is 3.22. The second-order valence-electron chi connectivity index (χ2n) is 9.59. The Morgan fingerprint density at radius 1 is 1.12 bits per heavy atom. The fraction of sp³-hybridized carbons (Fsp3) is 0.393. The van der Waals surface area contributed by atoms with Gasteiger partial charge in [0.25, 0.3) is 0 Å². The Kier molecular flexibility index (Phi) is 10.1. The van der Waals surface area contributed by atoms with Crippen LogP contribution in [0.2, 0.25) is 0 Å². The lowest BCUT2D eigenvalue weighted by atomic mass is 10.1. The molecule has 0 radical (unpaired) electrons. The van der Waals surface area contributed by atoms with Gasteiger partial charge in [0.15, 0.2) is 5.69 Å². The van der Waals surface area contributed by atoms with Crippen molar-refractivity contribution in [1.82, 2.24) is 14.5 Å². The van der Waals surface area contributed by atoms with Gasteiger partial charge in [-0.05, 0) is 63.4 Å². The predicted molar refractivity (Wildman–Crippen MR) is 151 cm³/mol. The summed E-state index contributed by atoms with van der Waals surface area (Å²) in [5.41, 5.74) is 2.68. The summed E-state index contributed by atoms with van der Waals surface area (Å²) in [5, 5.41) is 16.8. The molecule has 0 aliphatic carbocycles. The van der Waals surface area contributed by atoms with Crippen molar-refractivity contribution in [2.45, 2.75) is 52.4 Å². The number of nitrogens with zero attached hydrogens (tertiary/aromatic N) is 2. The quantitative estimate of drug-likeness (QED) is 0.252. The van der Waals surface area contributed by atoms with E-state index in [1.54, 1.807) is 19.9 Å². The summed E-state index contributed by atoms with van der Waals surface area (Å²) >= 11 is 0. The largest absolute Gasteiger partial charge is 0.476 e. The number of nitrogens with one attached hydrogen (secondary N) is 2. The molecule has 3 aromatic rings. The Labute approximate surface area is 234 Å². The molecule has 0 unspecified atom stereocenters. The summed E-state index contributed by atoms with van der Waals surface area (Å²) < 4.78 is 41.9. The number of hydrogen-bond acceptors (Lipinski definition) is 7. The standard InChI is InChI=1S/C28H36N4O7S/c1-7-18(3)26(33)30-21-10-12-23(24(16-21)40(36,37)29-13-8-14-38-6)39-27-20(5)25(28(34)35)31-32(27)22-11-9-17(2)15-19(22)4/h9-12,15-16,18,29H,7-8,13-14H2,1-6H3,(H,30,33)(H,34,35)/t18-/m1/s1. The molecule has 3 N–H and O–H groups in total. The van der Waals surface area contributed by atoms with Crippen molar-refractivity contribution in [3.05, 3.63) is 58.8 Å². The van der Waals surface area contributed by atoms with Crippen molar-refractivity contribution in [3.63, 3.8) is 0 Å². The molecule has 0 bridgehead atoms. The zero-order valence-corrected chi connectivity index (χ0v) is 24.4. The zero-order valence-electron chi connectivity index (χ0n) is 23.6. The number of aromatic carboxylic acids is 1. The third-order valence-corrected chi connectivity index (χ3v) is 7.92. The molecular weight excluding hydrogens is 536 g/mol. The van der Waals surface area contributed by atoms with Gasteiger partial charge in [0.05, 0.1) is 5.69 Å². The zero-order chi connectivity index (χ0) is 29.6. The smallest absolute Gasteiger partial charge is 0.356 e. The van der Waals surface area contributed by atoms with Gasteiger partial charge in [-0.15, -0.1) is 0 Å². The molecule has 12 heteroatoms. The summed E-state index contributed by atoms with van der Waals surface area (Å²) in [6.45, 7) is 9.48. The normalized spacial score (nSPS) is 12.2. The van der Waals surface area contributed by atoms with Crippen LogP contribution in [-0.4, -0.2) is 55.4 Å². The highest BCUT2D eigenvalue weighted by atomic mass is 32.2. The maximum atomic E-state index is 13.4. The highest BCUT2D eigenvalue weighted by Gasteiger charge is 2.27. The van der Waals surface area contributed by atoms with Gasteiger partial charge in [-0.1, -0.05) is 31.5 Å². The lowest BCUT2D eigenvalue weighted by Crippen LogP contribution is -2.26. The highest BCUT2D eigenvalue weighted by Crippen LogP contribution is 2.36. The number of carbonyl (C=O) groups excluding carboxylic acids is 1. The molecule has 0 saturated carbocycles. The molecule has 1 heterocycles. The number of benzene rings is 2. The molecule has 216 valence electrons. The fourth-order valence-electron chi connectivity index (χ4n) is 3.95. The Hall–Kier alpha value is -3.74. The molecule has 0 saturated heterocycles. The van der Waals surface area contributed by atoms with Gasteiger partial charge >= 0.3 is 5.97 Å². The van der Waals surface area contributed by atoms with Crippen molar-refractivity contribution in [2.75, 3.05) is 25.6 Å². The van der Waals surface area contributed by atoms with Crippen LogP contribution in [0.5, 0.6) is 11.6 Å². The lowest BCUT2D eigenvalue weighted by Gasteiger charge is -2.17. The molecule has 0 aliphatic rings. The van der Waals surface area contributed by atoms with Gasteiger partial charge in [-0.2, -0.15) is 9.78 Å². The molecule has 40 heavy (non-hydrogen) atoms. The molecule has 0 spiro atoms. The van der Waals surface area contributed by atoms with E-state index in [1.165, 1.54) is 30.0 Å². The van der Waals surface area contributed by atoms with Gasteiger partial charge in [0, 0.05) is 37.4 Å². The fourth-order valence-corrected chi connectivity index (χ4v) is 5.17. The number of carboxylic acids is 1. The average molecular weight is 573 g/mol. The van der Waals surface area contributed by atoms with E-state index in [0.717, 1.165) is 11.1 Å². The Balaban J connectivity index is 2.14. The summed E-state index contributed by atoms with van der Waals surface area (Å²) in [7, 11) is -2.59. The Bertz CT molecular complexity index is 1500. The number of rotatable bonds is 13. The SMILES string of the molecule is CC[C@@H](C)C(=O)Nc1ccc(Oc2c(C)c(C(=O)O)nn2-c2ccc(C)cc2C)c(S(=O)(=O)NCCCOC)c1. The van der Waals surface area contributed by atoms with E-state index in [4.69, 9.17) is 9.47 Å². The molecule has 2 aromatic carbocycles. The van der Waals surface area contributed by atoms with Gasteiger partial charge in [-0.3, -0.25) is 4.79 Å². The number of anilines is 1. The number of carbonyl (C=O) groups is 2. The second-order valence-corrected chi connectivity index (χ2v) is 11.3. The van der Waals surface area contributed by atoms with Crippen LogP contribution in [0.3, 0.4) is 0 Å². The van der Waals surface area contributed by atoms with Gasteiger partial charge in [0.2, 0.25) is 21.8 Å². The highest BCUT2D eigenvalue weighted by molar-refractivity contribution is 7.89. The van der Waals surface area contributed by atoms with E-state index in [0.29, 0.717) is 25.1 Å². The number of carboxylic acid groups (broad SMARTS) is 1. The van der Waals surface area contributed by atoms with E-state index in [-0.39, 0.29) is 51.8 Å². The van der Waals surface area contributed by atoms with Crippen molar-refractivity contribution in [3.8, 4) is 17.3 Å². The maximum absolute atomic E-state index is 13.4. The number of hydrogen-bond donors (Lipinski definition) is 3. The van der Waals surface area contributed by atoms with E-state index in [2.05, 4.69) is 15.1 Å². The van der Waals surface area contributed by atoms with E-state index in [1.807, 2.05) is 32.9 Å². The number of ether oxygens (including phenoxy) is 2. The van der Waals surface area contributed by atoms with Crippen LogP contribution in [-0.2, 0) is 19.6 Å². The first-order valence-corrected chi connectivity index (χ1v) is 14.4. The minimum absolute atomic E-state index is 0.0524. The summed E-state index contributed by atoms with van der Waals surface area (Å²) in [5.74, 6) is -1.78. The van der Waals surface area contributed by atoms with Crippen molar-refractivity contribution < 1.29 is 32.6 Å². The number of methoxy groups -OCH3 is 1. The monoisotopic (exact) mass is 572 g/mol. The topological polar surface area (TPSA) is 149 Å². The Morgan fingerprint density at radius 3 is 2.48 bits per heavy atom.